The summed E-state index contributed by atoms with van der Waals surface area (Å²) in [5, 5.41) is 0.809. The van der Waals surface area contributed by atoms with E-state index in [1.807, 2.05) is 12.1 Å². The molecule has 0 saturated carbocycles. The summed E-state index contributed by atoms with van der Waals surface area (Å²) in [5.41, 5.74) is 7.60. The first-order chi connectivity index (χ1) is 8.93. The summed E-state index contributed by atoms with van der Waals surface area (Å²) < 4.78 is 1.06. The largest absolute Gasteiger partial charge is 0.329 e. The number of halogens is 2. The first-order valence-corrected chi connectivity index (χ1v) is 7.99. The van der Waals surface area contributed by atoms with Gasteiger partial charge >= 0.3 is 0 Å². The zero-order chi connectivity index (χ0) is 14.0. The van der Waals surface area contributed by atoms with Gasteiger partial charge in [0.05, 0.1) is 0 Å². The number of nitrogens with zero attached hydrogens (tertiary/aromatic N) is 1. The normalized spacial score (nSPS) is 21.3. The average molecular weight is 346 g/mol. The Balaban J connectivity index is 2.18. The maximum absolute atomic E-state index is 6.34. The van der Waals surface area contributed by atoms with Gasteiger partial charge in [-0.15, -0.1) is 0 Å². The van der Waals surface area contributed by atoms with Gasteiger partial charge in [-0.25, -0.2) is 0 Å². The monoisotopic (exact) mass is 344 g/mol. The predicted octanol–water partition coefficient (Wildman–Crippen LogP) is 4.22. The van der Waals surface area contributed by atoms with Gasteiger partial charge in [-0.2, -0.15) is 0 Å². The molecule has 1 heterocycles. The zero-order valence-corrected chi connectivity index (χ0v) is 14.0. The first-order valence-electron chi connectivity index (χ1n) is 6.82. The van der Waals surface area contributed by atoms with Crippen LogP contribution in [-0.4, -0.2) is 24.5 Å². The standard InChI is InChI=1S/C15H22BrClN2/c1-15(2)5-7-19(8-6-15)14(10-18)12-9-11(16)3-4-13(12)17/h3-4,9,14H,5-8,10,18H2,1-2H3. The van der Waals surface area contributed by atoms with Gasteiger partial charge in [-0.05, 0) is 55.1 Å². The number of likely N-dealkylation sites (tertiary alicyclic amines) is 1. The fraction of sp³-hybridized carbons (Fsp3) is 0.600. The van der Waals surface area contributed by atoms with E-state index in [2.05, 4.69) is 40.7 Å². The Hall–Kier alpha value is -0.0900. The fourth-order valence-corrected chi connectivity index (χ4v) is 3.31. The molecule has 106 valence electrons. The Labute approximate surface area is 129 Å². The topological polar surface area (TPSA) is 29.3 Å². The Morgan fingerprint density at radius 3 is 2.58 bits per heavy atom. The Bertz CT molecular complexity index is 438. The smallest absolute Gasteiger partial charge is 0.0485 e. The van der Waals surface area contributed by atoms with Crippen LogP contribution in [0.15, 0.2) is 22.7 Å². The van der Waals surface area contributed by atoms with Crippen LogP contribution in [0.3, 0.4) is 0 Å². The van der Waals surface area contributed by atoms with Gasteiger partial charge in [0, 0.05) is 22.1 Å². The molecule has 1 aromatic carbocycles. The molecule has 2 rings (SSSR count). The molecule has 0 bridgehead atoms. The lowest BCUT2D eigenvalue weighted by Crippen LogP contribution is -2.42. The maximum Gasteiger partial charge on any atom is 0.0485 e. The quantitative estimate of drug-likeness (QED) is 0.888. The van der Waals surface area contributed by atoms with Gasteiger partial charge < -0.3 is 5.73 Å². The molecule has 2 N–H and O–H groups in total. The highest BCUT2D eigenvalue weighted by Gasteiger charge is 2.30. The van der Waals surface area contributed by atoms with Crippen LogP contribution < -0.4 is 5.73 Å². The lowest BCUT2D eigenvalue weighted by atomic mass is 9.82. The summed E-state index contributed by atoms with van der Waals surface area (Å²) in [6.45, 7) is 7.48. The predicted molar refractivity (Wildman–Crippen MR) is 85.5 cm³/mol. The molecule has 1 aromatic rings. The van der Waals surface area contributed by atoms with Gasteiger partial charge in [0.25, 0.3) is 0 Å². The van der Waals surface area contributed by atoms with E-state index < -0.39 is 0 Å². The van der Waals surface area contributed by atoms with Crippen LogP contribution in [0.1, 0.15) is 38.3 Å². The molecule has 2 nitrogen and oxygen atoms in total. The van der Waals surface area contributed by atoms with Gasteiger partial charge in [0.2, 0.25) is 0 Å². The highest BCUT2D eigenvalue weighted by Crippen LogP contribution is 2.36. The molecule has 19 heavy (non-hydrogen) atoms. The third kappa shape index (κ3) is 3.72. The number of nitrogens with two attached hydrogens (primary N) is 1. The summed E-state index contributed by atoms with van der Waals surface area (Å²) >= 11 is 9.86. The van der Waals surface area contributed by atoms with Crippen molar-refractivity contribution in [2.45, 2.75) is 32.7 Å². The summed E-state index contributed by atoms with van der Waals surface area (Å²) in [7, 11) is 0. The van der Waals surface area contributed by atoms with Crippen LogP contribution in [0.25, 0.3) is 0 Å². The van der Waals surface area contributed by atoms with Crippen LogP contribution in [0.5, 0.6) is 0 Å². The fourth-order valence-electron chi connectivity index (χ4n) is 2.68. The molecule has 0 amide bonds. The molecule has 0 spiro atoms. The van der Waals surface area contributed by atoms with Crippen molar-refractivity contribution in [1.29, 1.82) is 0 Å². The molecule has 1 fully saturated rings. The van der Waals surface area contributed by atoms with Gasteiger partial charge in [-0.1, -0.05) is 41.4 Å². The first kappa shape index (κ1) is 15.3. The Morgan fingerprint density at radius 2 is 2.00 bits per heavy atom. The Kier molecular flexibility index (Phi) is 4.93. The number of rotatable bonds is 3. The molecule has 1 unspecified atom stereocenters. The third-order valence-electron chi connectivity index (χ3n) is 4.13. The molecular weight excluding hydrogens is 324 g/mol. The van der Waals surface area contributed by atoms with Gasteiger partial charge in [0.15, 0.2) is 0 Å². The maximum atomic E-state index is 6.34. The molecule has 1 saturated heterocycles. The number of piperidine rings is 1. The number of hydrogen-bond donors (Lipinski definition) is 1. The van der Waals surface area contributed by atoms with Gasteiger partial charge in [0.1, 0.15) is 0 Å². The third-order valence-corrected chi connectivity index (χ3v) is 4.97. The zero-order valence-electron chi connectivity index (χ0n) is 11.6. The molecule has 0 aliphatic carbocycles. The van der Waals surface area contributed by atoms with E-state index in [9.17, 15) is 0 Å². The highest BCUT2D eigenvalue weighted by molar-refractivity contribution is 9.10. The number of hydrogen-bond acceptors (Lipinski definition) is 2. The van der Waals surface area contributed by atoms with Crippen molar-refractivity contribution < 1.29 is 0 Å². The second-order valence-electron chi connectivity index (χ2n) is 6.12. The lowest BCUT2D eigenvalue weighted by Gasteiger charge is -2.41. The minimum Gasteiger partial charge on any atom is -0.329 e. The van der Waals surface area contributed by atoms with Crippen LogP contribution in [0.4, 0.5) is 0 Å². The van der Waals surface area contributed by atoms with Crippen molar-refractivity contribution in [3.05, 3.63) is 33.3 Å². The van der Waals surface area contributed by atoms with Crippen molar-refractivity contribution >= 4 is 27.5 Å². The van der Waals surface area contributed by atoms with E-state index in [0.29, 0.717) is 12.0 Å². The second kappa shape index (κ2) is 6.13. The molecule has 1 aliphatic rings. The van der Waals surface area contributed by atoms with Gasteiger partial charge in [-0.3, -0.25) is 4.90 Å². The van der Waals surface area contributed by atoms with E-state index in [1.54, 1.807) is 0 Å². The summed E-state index contributed by atoms with van der Waals surface area (Å²) in [4.78, 5) is 2.47. The summed E-state index contributed by atoms with van der Waals surface area (Å²) in [6.07, 6.45) is 2.43. The van der Waals surface area contributed by atoms with E-state index in [4.69, 9.17) is 17.3 Å². The summed E-state index contributed by atoms with van der Waals surface area (Å²) in [6, 6.07) is 6.23. The molecule has 0 radical (unpaired) electrons. The SMILES string of the molecule is CC1(C)CCN(C(CN)c2cc(Br)ccc2Cl)CC1. The van der Waals surface area contributed by atoms with E-state index >= 15 is 0 Å². The molecule has 0 aromatic heterocycles. The minimum absolute atomic E-state index is 0.223. The van der Waals surface area contributed by atoms with Crippen LogP contribution in [0, 0.1) is 5.41 Å². The highest BCUT2D eigenvalue weighted by atomic mass is 79.9. The summed E-state index contributed by atoms with van der Waals surface area (Å²) in [5.74, 6) is 0. The van der Waals surface area contributed by atoms with Crippen LogP contribution in [0.2, 0.25) is 5.02 Å². The average Bonchev–Trinajstić information content (AvgIpc) is 2.36. The van der Waals surface area contributed by atoms with E-state index in [1.165, 1.54) is 12.8 Å². The minimum atomic E-state index is 0.223. The van der Waals surface area contributed by atoms with Crippen LogP contribution >= 0.6 is 27.5 Å². The number of benzene rings is 1. The van der Waals surface area contributed by atoms with Crippen molar-refractivity contribution in [3.63, 3.8) is 0 Å². The Morgan fingerprint density at radius 1 is 1.37 bits per heavy atom. The molecule has 1 atom stereocenters. The molecule has 4 heteroatoms. The van der Waals surface area contributed by atoms with E-state index in [-0.39, 0.29) is 6.04 Å². The van der Waals surface area contributed by atoms with Crippen molar-refractivity contribution in [1.82, 2.24) is 4.90 Å². The van der Waals surface area contributed by atoms with E-state index in [0.717, 1.165) is 28.1 Å². The van der Waals surface area contributed by atoms with Crippen molar-refractivity contribution in [3.8, 4) is 0 Å². The molecule has 1 aliphatic heterocycles. The lowest BCUT2D eigenvalue weighted by molar-refractivity contribution is 0.0964. The van der Waals surface area contributed by atoms with Crippen molar-refractivity contribution in [2.24, 2.45) is 11.1 Å². The molecular formula is C15H22BrClN2. The van der Waals surface area contributed by atoms with Crippen LogP contribution in [-0.2, 0) is 0 Å². The second-order valence-corrected chi connectivity index (χ2v) is 7.44. The van der Waals surface area contributed by atoms with Crippen molar-refractivity contribution in [2.75, 3.05) is 19.6 Å².